The van der Waals surface area contributed by atoms with Crippen molar-refractivity contribution in [2.45, 2.75) is 6.54 Å². The molecule has 0 radical (unpaired) electrons. The fourth-order valence-corrected chi connectivity index (χ4v) is 2.51. The molecule has 6 nitrogen and oxygen atoms in total. The highest BCUT2D eigenvalue weighted by Crippen LogP contribution is 2.20. The number of guanidine groups is 1. The van der Waals surface area contributed by atoms with E-state index in [2.05, 4.69) is 15.6 Å². The molecule has 0 saturated carbocycles. The summed E-state index contributed by atoms with van der Waals surface area (Å²) in [5, 5.41) is 7.36. The second-order valence-electron chi connectivity index (χ2n) is 4.83. The van der Waals surface area contributed by atoms with E-state index in [4.69, 9.17) is 27.9 Å². The Balaban J connectivity index is 0.00000529. The third-order valence-electron chi connectivity index (χ3n) is 2.82. The highest BCUT2D eigenvalue weighted by atomic mass is 127. The average Bonchev–Trinajstić information content (AvgIpc) is 2.46. The summed E-state index contributed by atoms with van der Waals surface area (Å²) in [4.78, 5) is 4.08. The highest BCUT2D eigenvalue weighted by molar-refractivity contribution is 14.0. The third-order valence-corrected chi connectivity index (χ3v) is 4.32. The van der Waals surface area contributed by atoms with Crippen LogP contribution in [0.2, 0.25) is 10.0 Å². The summed E-state index contributed by atoms with van der Waals surface area (Å²) in [7, 11) is -1.33. The fraction of sp³-hybridized carbons (Fsp3) is 0.500. The van der Waals surface area contributed by atoms with E-state index in [1.54, 1.807) is 19.2 Å². The molecule has 0 amide bonds. The quantitative estimate of drug-likeness (QED) is 0.243. The largest absolute Gasteiger partial charge is 0.379 e. The van der Waals surface area contributed by atoms with Gasteiger partial charge < -0.3 is 15.4 Å². The van der Waals surface area contributed by atoms with Gasteiger partial charge in [0.2, 0.25) is 0 Å². The molecule has 0 aliphatic heterocycles. The standard InChI is InChI=1S/C14H21Cl2N3O3S.HI/c1-17-14(18-5-6-22-7-8-23(2,20)21)19-10-11-3-4-12(15)9-13(11)16;/h3-4,9H,5-8,10H2,1-2H3,(H2,17,18,19);1H. The third kappa shape index (κ3) is 10.5. The minimum atomic E-state index is -2.98. The summed E-state index contributed by atoms with van der Waals surface area (Å²) in [6.07, 6.45) is 1.18. The lowest BCUT2D eigenvalue weighted by atomic mass is 10.2. The van der Waals surface area contributed by atoms with Crippen molar-refractivity contribution < 1.29 is 13.2 Å². The molecular weight excluding hydrogens is 488 g/mol. The van der Waals surface area contributed by atoms with Crippen LogP contribution in [-0.2, 0) is 21.1 Å². The summed E-state index contributed by atoms with van der Waals surface area (Å²) in [6.45, 7) is 1.59. The van der Waals surface area contributed by atoms with Gasteiger partial charge in [-0.05, 0) is 17.7 Å². The number of ether oxygens (including phenoxy) is 1. The summed E-state index contributed by atoms with van der Waals surface area (Å²) >= 11 is 12.0. The van der Waals surface area contributed by atoms with Crippen LogP contribution < -0.4 is 10.6 Å². The van der Waals surface area contributed by atoms with Crippen LogP contribution in [0.5, 0.6) is 0 Å². The summed E-state index contributed by atoms with van der Waals surface area (Å²) in [5.74, 6) is 0.623. The summed E-state index contributed by atoms with van der Waals surface area (Å²) in [6, 6.07) is 5.31. The molecule has 1 aromatic rings. The van der Waals surface area contributed by atoms with Crippen molar-refractivity contribution in [3.63, 3.8) is 0 Å². The van der Waals surface area contributed by atoms with E-state index in [-0.39, 0.29) is 36.3 Å². The Bertz CT molecular complexity index is 642. The van der Waals surface area contributed by atoms with Gasteiger partial charge in [0.15, 0.2) is 5.96 Å². The number of nitrogens with zero attached hydrogens (tertiary/aromatic N) is 1. The van der Waals surface area contributed by atoms with E-state index in [0.717, 1.165) is 5.56 Å². The maximum absolute atomic E-state index is 10.9. The number of nitrogens with one attached hydrogen (secondary N) is 2. The number of hydrogen-bond acceptors (Lipinski definition) is 4. The number of benzene rings is 1. The van der Waals surface area contributed by atoms with Gasteiger partial charge in [0, 0.05) is 36.4 Å². The van der Waals surface area contributed by atoms with E-state index < -0.39 is 9.84 Å². The number of sulfone groups is 1. The van der Waals surface area contributed by atoms with Crippen molar-refractivity contribution in [3.8, 4) is 0 Å². The fourth-order valence-electron chi connectivity index (χ4n) is 1.62. The zero-order valence-corrected chi connectivity index (χ0v) is 18.2. The van der Waals surface area contributed by atoms with Gasteiger partial charge in [-0.15, -0.1) is 24.0 Å². The predicted molar refractivity (Wildman–Crippen MR) is 111 cm³/mol. The molecule has 1 rings (SSSR count). The van der Waals surface area contributed by atoms with Crippen LogP contribution in [0, 0.1) is 0 Å². The van der Waals surface area contributed by atoms with Gasteiger partial charge in [0.1, 0.15) is 9.84 Å². The lowest BCUT2D eigenvalue weighted by Gasteiger charge is -2.13. The summed E-state index contributed by atoms with van der Waals surface area (Å²) < 4.78 is 27.1. The van der Waals surface area contributed by atoms with Crippen LogP contribution in [0.3, 0.4) is 0 Å². The lowest BCUT2D eigenvalue weighted by Crippen LogP contribution is -2.38. The molecule has 0 saturated heterocycles. The maximum atomic E-state index is 10.9. The van der Waals surface area contributed by atoms with Crippen LogP contribution >= 0.6 is 47.2 Å². The monoisotopic (exact) mass is 509 g/mol. The molecule has 0 aliphatic rings. The molecule has 0 heterocycles. The number of aliphatic imine (C=N–C) groups is 1. The first-order chi connectivity index (χ1) is 10.8. The van der Waals surface area contributed by atoms with Gasteiger partial charge in [0.05, 0.1) is 19.0 Å². The van der Waals surface area contributed by atoms with Gasteiger partial charge >= 0.3 is 0 Å². The van der Waals surface area contributed by atoms with Crippen molar-refractivity contribution in [1.82, 2.24) is 10.6 Å². The predicted octanol–water partition coefficient (Wildman–Crippen LogP) is 2.34. The zero-order valence-electron chi connectivity index (χ0n) is 13.5. The molecule has 0 aromatic heterocycles. The van der Waals surface area contributed by atoms with Crippen LogP contribution in [0.1, 0.15) is 5.56 Å². The Kier molecular flexibility index (Phi) is 12.0. The zero-order chi connectivity index (χ0) is 17.3. The van der Waals surface area contributed by atoms with Crippen molar-refractivity contribution in [3.05, 3.63) is 33.8 Å². The van der Waals surface area contributed by atoms with Crippen LogP contribution in [-0.4, -0.2) is 53.2 Å². The van der Waals surface area contributed by atoms with Gasteiger partial charge in [-0.25, -0.2) is 8.42 Å². The molecule has 2 N–H and O–H groups in total. The molecule has 0 aliphatic carbocycles. The Hall–Kier alpha value is -0.290. The number of rotatable bonds is 8. The molecular formula is C14H22Cl2IN3O3S. The molecule has 24 heavy (non-hydrogen) atoms. The van der Waals surface area contributed by atoms with Gasteiger partial charge in [-0.2, -0.15) is 0 Å². The normalized spacial score (nSPS) is 11.8. The van der Waals surface area contributed by atoms with Crippen LogP contribution in [0.4, 0.5) is 0 Å². The van der Waals surface area contributed by atoms with Crippen molar-refractivity contribution in [2.75, 3.05) is 38.8 Å². The minimum absolute atomic E-state index is 0. The van der Waals surface area contributed by atoms with Crippen LogP contribution in [0.15, 0.2) is 23.2 Å². The first-order valence-electron chi connectivity index (χ1n) is 6.96. The maximum Gasteiger partial charge on any atom is 0.191 e. The Morgan fingerprint density at radius 2 is 1.96 bits per heavy atom. The minimum Gasteiger partial charge on any atom is -0.379 e. The molecule has 0 fully saturated rings. The molecule has 10 heteroatoms. The van der Waals surface area contributed by atoms with E-state index in [1.165, 1.54) is 6.26 Å². The molecule has 0 spiro atoms. The first kappa shape index (κ1) is 23.7. The number of hydrogen-bond donors (Lipinski definition) is 2. The molecule has 138 valence electrons. The van der Waals surface area contributed by atoms with E-state index in [1.807, 2.05) is 6.07 Å². The van der Waals surface area contributed by atoms with Crippen molar-refractivity contribution >= 4 is 63.0 Å². The molecule has 0 bridgehead atoms. The molecule has 0 atom stereocenters. The van der Waals surface area contributed by atoms with Crippen LogP contribution in [0.25, 0.3) is 0 Å². The van der Waals surface area contributed by atoms with E-state index in [9.17, 15) is 8.42 Å². The topological polar surface area (TPSA) is 79.8 Å². The molecule has 0 unspecified atom stereocenters. The van der Waals surface area contributed by atoms with Crippen molar-refractivity contribution in [2.24, 2.45) is 4.99 Å². The molecule has 1 aromatic carbocycles. The second kappa shape index (κ2) is 12.1. The Morgan fingerprint density at radius 1 is 1.25 bits per heavy atom. The Labute approximate surface area is 170 Å². The van der Waals surface area contributed by atoms with Gasteiger partial charge in [0.25, 0.3) is 0 Å². The smallest absolute Gasteiger partial charge is 0.191 e. The second-order valence-corrected chi connectivity index (χ2v) is 7.93. The average molecular weight is 510 g/mol. The number of halogens is 3. The first-order valence-corrected chi connectivity index (χ1v) is 9.77. The highest BCUT2D eigenvalue weighted by Gasteiger charge is 2.04. The van der Waals surface area contributed by atoms with Gasteiger partial charge in [-0.3, -0.25) is 4.99 Å². The Morgan fingerprint density at radius 3 is 2.54 bits per heavy atom. The van der Waals surface area contributed by atoms with Gasteiger partial charge in [-0.1, -0.05) is 29.3 Å². The summed E-state index contributed by atoms with van der Waals surface area (Å²) in [5.41, 5.74) is 0.906. The SMILES string of the molecule is CN=C(NCCOCCS(C)(=O)=O)NCc1ccc(Cl)cc1Cl.I. The van der Waals surface area contributed by atoms with E-state index in [0.29, 0.717) is 35.7 Å². The van der Waals surface area contributed by atoms with E-state index >= 15 is 0 Å². The van der Waals surface area contributed by atoms with Crippen molar-refractivity contribution in [1.29, 1.82) is 0 Å². The lowest BCUT2D eigenvalue weighted by molar-refractivity contribution is 0.154.